The number of nitrogens with zero attached hydrogens (tertiary/aromatic N) is 2. The van der Waals surface area contributed by atoms with Crippen molar-refractivity contribution in [2.45, 2.75) is 38.8 Å². The van der Waals surface area contributed by atoms with Crippen LogP contribution in [0.1, 0.15) is 49.2 Å². The van der Waals surface area contributed by atoms with Crippen molar-refractivity contribution in [1.29, 1.82) is 0 Å². The molecule has 0 aliphatic carbocycles. The zero-order valence-corrected chi connectivity index (χ0v) is 19.0. The normalized spacial score (nSPS) is 17.2. The zero-order valence-electron chi connectivity index (χ0n) is 19.0. The lowest BCUT2D eigenvalue weighted by Crippen LogP contribution is -2.41. The molecule has 1 aliphatic rings. The third kappa shape index (κ3) is 4.77. The minimum absolute atomic E-state index is 0.000324. The van der Waals surface area contributed by atoms with E-state index in [9.17, 15) is 9.59 Å². The van der Waals surface area contributed by atoms with Gasteiger partial charge in [0, 0.05) is 25.2 Å². The first-order valence-corrected chi connectivity index (χ1v) is 11.1. The quantitative estimate of drug-likeness (QED) is 0.527. The highest BCUT2D eigenvalue weighted by atomic mass is 16.6. The van der Waals surface area contributed by atoms with Gasteiger partial charge < -0.3 is 9.64 Å². The highest BCUT2D eigenvalue weighted by molar-refractivity contribution is 6.07. The van der Waals surface area contributed by atoms with Crippen LogP contribution in [0.15, 0.2) is 72.8 Å². The van der Waals surface area contributed by atoms with Crippen LogP contribution in [-0.2, 0) is 4.74 Å². The van der Waals surface area contributed by atoms with Gasteiger partial charge in [-0.15, -0.1) is 0 Å². The molecule has 0 aromatic heterocycles. The van der Waals surface area contributed by atoms with Crippen LogP contribution >= 0.6 is 0 Å². The molecule has 1 fully saturated rings. The summed E-state index contributed by atoms with van der Waals surface area (Å²) in [6.45, 7) is 7.07. The SMILES string of the molecule is CC(C)(C)OC(=O)N1CCN(C(=O)c2cccc3ccccc23)CCC1c1ccccc1. The predicted molar refractivity (Wildman–Crippen MR) is 127 cm³/mol. The minimum Gasteiger partial charge on any atom is -0.444 e. The molecule has 4 rings (SSSR count). The summed E-state index contributed by atoms with van der Waals surface area (Å²) in [5.41, 5.74) is 1.17. The summed E-state index contributed by atoms with van der Waals surface area (Å²) in [7, 11) is 0. The largest absolute Gasteiger partial charge is 0.444 e. The molecule has 0 bridgehead atoms. The molecule has 166 valence electrons. The van der Waals surface area contributed by atoms with E-state index in [1.807, 2.05) is 98.5 Å². The maximum atomic E-state index is 13.5. The molecular weight excluding hydrogens is 400 g/mol. The lowest BCUT2D eigenvalue weighted by molar-refractivity contribution is 0.0167. The molecule has 0 radical (unpaired) electrons. The fourth-order valence-electron chi connectivity index (χ4n) is 4.28. The Labute approximate surface area is 189 Å². The second kappa shape index (κ2) is 9.03. The van der Waals surface area contributed by atoms with Crippen molar-refractivity contribution < 1.29 is 14.3 Å². The third-order valence-corrected chi connectivity index (χ3v) is 5.78. The molecule has 3 aromatic carbocycles. The van der Waals surface area contributed by atoms with Gasteiger partial charge in [0.1, 0.15) is 5.60 Å². The van der Waals surface area contributed by atoms with Gasteiger partial charge in [0.05, 0.1) is 6.04 Å². The second-order valence-corrected chi connectivity index (χ2v) is 9.21. The van der Waals surface area contributed by atoms with Gasteiger partial charge in [-0.3, -0.25) is 9.69 Å². The standard InChI is InChI=1S/C27H30N2O3/c1-27(2,3)32-26(31)29-19-18-28(17-16-24(29)21-11-5-4-6-12-21)25(30)23-15-9-13-20-10-7-8-14-22(20)23/h4-15,24H,16-19H2,1-3H3. The van der Waals surface area contributed by atoms with Crippen LogP contribution in [-0.4, -0.2) is 47.0 Å². The number of carbonyl (C=O) groups excluding carboxylic acids is 2. The Hall–Kier alpha value is -3.34. The van der Waals surface area contributed by atoms with Gasteiger partial charge in [0.2, 0.25) is 0 Å². The first-order chi connectivity index (χ1) is 15.3. The summed E-state index contributed by atoms with van der Waals surface area (Å²) in [5.74, 6) is -0.000324. The molecule has 5 heteroatoms. The van der Waals surface area contributed by atoms with Crippen LogP contribution in [0.25, 0.3) is 10.8 Å². The van der Waals surface area contributed by atoms with Gasteiger partial charge in [-0.05, 0) is 49.6 Å². The van der Waals surface area contributed by atoms with Crippen LogP contribution in [0, 0.1) is 0 Å². The molecule has 3 aromatic rings. The Morgan fingerprint density at radius 3 is 2.28 bits per heavy atom. The van der Waals surface area contributed by atoms with Gasteiger partial charge in [-0.25, -0.2) is 4.79 Å². The average molecular weight is 431 g/mol. The number of carbonyl (C=O) groups is 2. The van der Waals surface area contributed by atoms with E-state index in [-0.39, 0.29) is 18.0 Å². The van der Waals surface area contributed by atoms with E-state index in [4.69, 9.17) is 4.74 Å². The Morgan fingerprint density at radius 2 is 1.53 bits per heavy atom. The van der Waals surface area contributed by atoms with E-state index in [1.54, 1.807) is 4.90 Å². The van der Waals surface area contributed by atoms with Crippen LogP contribution in [0.4, 0.5) is 4.79 Å². The predicted octanol–water partition coefficient (Wildman–Crippen LogP) is 5.66. The van der Waals surface area contributed by atoms with E-state index in [0.717, 1.165) is 16.3 Å². The number of fused-ring (bicyclic) bond motifs is 1. The van der Waals surface area contributed by atoms with Crippen LogP contribution < -0.4 is 0 Å². The smallest absolute Gasteiger partial charge is 0.410 e. The Bertz CT molecular complexity index is 1100. The van der Waals surface area contributed by atoms with E-state index in [0.29, 0.717) is 31.6 Å². The fraction of sp³-hybridized carbons (Fsp3) is 0.333. The molecule has 1 heterocycles. The van der Waals surface area contributed by atoms with E-state index in [1.165, 1.54) is 0 Å². The van der Waals surface area contributed by atoms with E-state index >= 15 is 0 Å². The third-order valence-electron chi connectivity index (χ3n) is 5.78. The Morgan fingerprint density at radius 1 is 0.844 bits per heavy atom. The zero-order chi connectivity index (χ0) is 22.7. The van der Waals surface area contributed by atoms with Crippen molar-refractivity contribution in [2.24, 2.45) is 0 Å². The lowest BCUT2D eigenvalue weighted by Gasteiger charge is -2.32. The Balaban J connectivity index is 1.62. The van der Waals surface area contributed by atoms with Gasteiger partial charge in [0.15, 0.2) is 0 Å². The molecule has 1 unspecified atom stereocenters. The van der Waals surface area contributed by atoms with Gasteiger partial charge >= 0.3 is 6.09 Å². The van der Waals surface area contributed by atoms with Crippen molar-refractivity contribution in [3.63, 3.8) is 0 Å². The number of benzene rings is 3. The van der Waals surface area contributed by atoms with Crippen molar-refractivity contribution in [2.75, 3.05) is 19.6 Å². The molecular formula is C27H30N2O3. The number of amides is 2. The van der Waals surface area contributed by atoms with Crippen LogP contribution in [0.2, 0.25) is 0 Å². The molecule has 1 atom stereocenters. The fourth-order valence-corrected chi connectivity index (χ4v) is 4.28. The summed E-state index contributed by atoms with van der Waals surface area (Å²) in [6.07, 6.45) is 0.311. The van der Waals surface area contributed by atoms with Crippen molar-refractivity contribution in [3.05, 3.63) is 83.9 Å². The van der Waals surface area contributed by atoms with Gasteiger partial charge in [-0.1, -0.05) is 66.7 Å². The summed E-state index contributed by atoms with van der Waals surface area (Å²) in [5, 5.41) is 2.00. The number of ether oxygens (including phenoxy) is 1. The molecule has 0 saturated carbocycles. The number of hydrogen-bond donors (Lipinski definition) is 0. The summed E-state index contributed by atoms with van der Waals surface area (Å²) in [6, 6.07) is 23.6. The van der Waals surface area contributed by atoms with Crippen LogP contribution in [0.5, 0.6) is 0 Å². The maximum absolute atomic E-state index is 13.5. The molecule has 5 nitrogen and oxygen atoms in total. The van der Waals surface area contributed by atoms with Gasteiger partial charge in [0.25, 0.3) is 5.91 Å². The first-order valence-electron chi connectivity index (χ1n) is 11.1. The molecule has 2 amide bonds. The highest BCUT2D eigenvalue weighted by Gasteiger charge is 2.33. The number of hydrogen-bond acceptors (Lipinski definition) is 3. The molecule has 0 spiro atoms. The highest BCUT2D eigenvalue weighted by Crippen LogP contribution is 2.30. The summed E-state index contributed by atoms with van der Waals surface area (Å²) < 4.78 is 5.71. The maximum Gasteiger partial charge on any atom is 0.410 e. The topological polar surface area (TPSA) is 49.9 Å². The molecule has 32 heavy (non-hydrogen) atoms. The molecule has 1 saturated heterocycles. The lowest BCUT2D eigenvalue weighted by atomic mass is 10.0. The molecule has 1 aliphatic heterocycles. The van der Waals surface area contributed by atoms with Gasteiger partial charge in [-0.2, -0.15) is 0 Å². The second-order valence-electron chi connectivity index (χ2n) is 9.21. The number of rotatable bonds is 2. The van der Waals surface area contributed by atoms with E-state index in [2.05, 4.69) is 0 Å². The first kappa shape index (κ1) is 21.9. The summed E-state index contributed by atoms with van der Waals surface area (Å²) in [4.78, 5) is 30.2. The van der Waals surface area contributed by atoms with Crippen molar-refractivity contribution >= 4 is 22.8 Å². The minimum atomic E-state index is -0.580. The monoisotopic (exact) mass is 430 g/mol. The van der Waals surface area contributed by atoms with Crippen molar-refractivity contribution in [3.8, 4) is 0 Å². The van der Waals surface area contributed by atoms with Crippen molar-refractivity contribution in [1.82, 2.24) is 9.80 Å². The van der Waals surface area contributed by atoms with E-state index < -0.39 is 5.60 Å². The molecule has 0 N–H and O–H groups in total. The van der Waals surface area contributed by atoms with Crippen LogP contribution in [0.3, 0.4) is 0 Å². The summed E-state index contributed by atoms with van der Waals surface area (Å²) >= 11 is 0. The Kier molecular flexibility index (Phi) is 6.17. The average Bonchev–Trinajstić information content (AvgIpc) is 3.01.